The molecule has 2 fully saturated rings. The molecule has 5 rings (SSSR count). The molecule has 0 saturated carbocycles. The van der Waals surface area contributed by atoms with E-state index in [1.165, 1.54) is 0 Å². The van der Waals surface area contributed by atoms with E-state index in [1.54, 1.807) is 7.11 Å². The molecule has 3 heterocycles. The fourth-order valence-electron chi connectivity index (χ4n) is 4.98. The van der Waals surface area contributed by atoms with Crippen molar-refractivity contribution in [3.63, 3.8) is 0 Å². The lowest BCUT2D eigenvalue weighted by Gasteiger charge is -2.39. The number of nitrogens with zero attached hydrogens (tertiary/aromatic N) is 5. The summed E-state index contributed by atoms with van der Waals surface area (Å²) in [7, 11) is 1.66. The Kier molecular flexibility index (Phi) is 7.04. The summed E-state index contributed by atoms with van der Waals surface area (Å²) in [5.74, 6) is 1.98. The van der Waals surface area contributed by atoms with Crippen LogP contribution in [-0.2, 0) is 4.79 Å². The zero-order chi connectivity index (χ0) is 24.2. The molecular formula is C27H30ClN5O2. The first-order valence-corrected chi connectivity index (χ1v) is 12.5. The SMILES string of the molecule is COc1ccccc1-c1ccc(N2CCC(C(=O)N3CCN(c4ccccc4Cl)CC3)CC2)nn1. The summed E-state index contributed by atoms with van der Waals surface area (Å²) in [6.45, 7) is 4.70. The highest BCUT2D eigenvalue weighted by Crippen LogP contribution is 2.30. The van der Waals surface area contributed by atoms with Gasteiger partial charge in [-0.25, -0.2) is 0 Å². The lowest BCUT2D eigenvalue weighted by atomic mass is 9.95. The fourth-order valence-corrected chi connectivity index (χ4v) is 5.24. The van der Waals surface area contributed by atoms with E-state index in [9.17, 15) is 4.79 Å². The molecule has 0 unspecified atom stereocenters. The Morgan fingerprint density at radius 3 is 2.26 bits per heavy atom. The number of aromatic nitrogens is 2. The lowest BCUT2D eigenvalue weighted by Crippen LogP contribution is -2.51. The van der Waals surface area contributed by atoms with Gasteiger partial charge < -0.3 is 19.4 Å². The van der Waals surface area contributed by atoms with Crippen LogP contribution in [0.5, 0.6) is 5.75 Å². The van der Waals surface area contributed by atoms with Crippen molar-refractivity contribution < 1.29 is 9.53 Å². The Hall–Kier alpha value is -3.32. The second-order valence-electron chi connectivity index (χ2n) is 9.00. The molecule has 0 aliphatic carbocycles. The van der Waals surface area contributed by atoms with Crippen molar-refractivity contribution in [3.8, 4) is 17.0 Å². The monoisotopic (exact) mass is 491 g/mol. The number of piperazine rings is 1. The van der Waals surface area contributed by atoms with Crippen molar-refractivity contribution in [2.24, 2.45) is 5.92 Å². The number of benzene rings is 2. The van der Waals surface area contributed by atoms with Crippen LogP contribution in [0.15, 0.2) is 60.7 Å². The van der Waals surface area contributed by atoms with Crippen molar-refractivity contribution in [2.75, 3.05) is 56.2 Å². The summed E-state index contributed by atoms with van der Waals surface area (Å²) >= 11 is 6.35. The van der Waals surface area contributed by atoms with Gasteiger partial charge in [-0.2, -0.15) is 0 Å². The van der Waals surface area contributed by atoms with E-state index in [4.69, 9.17) is 16.3 Å². The largest absolute Gasteiger partial charge is 0.496 e. The maximum atomic E-state index is 13.2. The van der Waals surface area contributed by atoms with E-state index in [0.29, 0.717) is 0 Å². The molecule has 0 N–H and O–H groups in total. The summed E-state index contributed by atoms with van der Waals surface area (Å²) in [6, 6.07) is 19.7. The Balaban J connectivity index is 1.14. The number of halogens is 1. The predicted molar refractivity (Wildman–Crippen MR) is 139 cm³/mol. The molecule has 2 aliphatic rings. The number of rotatable bonds is 5. The highest BCUT2D eigenvalue weighted by Gasteiger charge is 2.31. The Morgan fingerprint density at radius 1 is 0.857 bits per heavy atom. The number of carbonyl (C=O) groups is 1. The smallest absolute Gasteiger partial charge is 0.225 e. The third-order valence-corrected chi connectivity index (χ3v) is 7.31. The van der Waals surface area contributed by atoms with Gasteiger partial charge in [0.2, 0.25) is 5.91 Å². The van der Waals surface area contributed by atoms with Gasteiger partial charge in [0, 0.05) is 50.7 Å². The first-order valence-electron chi connectivity index (χ1n) is 12.1. The number of para-hydroxylation sites is 2. The van der Waals surface area contributed by atoms with E-state index in [-0.39, 0.29) is 11.8 Å². The van der Waals surface area contributed by atoms with Gasteiger partial charge >= 0.3 is 0 Å². The van der Waals surface area contributed by atoms with Crippen LogP contribution in [0, 0.1) is 5.92 Å². The van der Waals surface area contributed by atoms with Crippen LogP contribution in [0.1, 0.15) is 12.8 Å². The van der Waals surface area contributed by atoms with Crippen LogP contribution in [0.2, 0.25) is 5.02 Å². The summed E-state index contributed by atoms with van der Waals surface area (Å²) in [6.07, 6.45) is 1.67. The molecule has 7 nitrogen and oxygen atoms in total. The zero-order valence-electron chi connectivity index (χ0n) is 19.9. The number of methoxy groups -OCH3 is 1. The fraction of sp³-hybridized carbons (Fsp3) is 0.370. The highest BCUT2D eigenvalue weighted by atomic mass is 35.5. The highest BCUT2D eigenvalue weighted by molar-refractivity contribution is 6.33. The Bertz CT molecular complexity index is 1160. The maximum absolute atomic E-state index is 13.2. The molecule has 3 aromatic rings. The number of ether oxygens (including phenoxy) is 1. The number of amides is 1. The van der Waals surface area contributed by atoms with Gasteiger partial charge in [-0.1, -0.05) is 35.9 Å². The molecule has 35 heavy (non-hydrogen) atoms. The van der Waals surface area contributed by atoms with Gasteiger partial charge in [0.05, 0.1) is 23.5 Å². The molecule has 8 heteroatoms. The number of piperidine rings is 1. The quantitative estimate of drug-likeness (QED) is 0.528. The normalized spacial score (nSPS) is 16.9. The van der Waals surface area contributed by atoms with Crippen molar-refractivity contribution in [1.82, 2.24) is 15.1 Å². The van der Waals surface area contributed by atoms with Gasteiger partial charge in [-0.05, 0) is 49.2 Å². The minimum Gasteiger partial charge on any atom is -0.496 e. The van der Waals surface area contributed by atoms with Gasteiger partial charge in [-0.3, -0.25) is 4.79 Å². The van der Waals surface area contributed by atoms with Gasteiger partial charge in [0.15, 0.2) is 5.82 Å². The number of hydrogen-bond acceptors (Lipinski definition) is 6. The van der Waals surface area contributed by atoms with Crippen molar-refractivity contribution in [2.45, 2.75) is 12.8 Å². The molecule has 2 aliphatic heterocycles. The van der Waals surface area contributed by atoms with E-state index < -0.39 is 0 Å². The Morgan fingerprint density at radius 2 is 1.57 bits per heavy atom. The number of hydrogen-bond donors (Lipinski definition) is 0. The zero-order valence-corrected chi connectivity index (χ0v) is 20.7. The molecule has 0 spiro atoms. The van der Waals surface area contributed by atoms with E-state index in [2.05, 4.69) is 20.0 Å². The van der Waals surface area contributed by atoms with E-state index >= 15 is 0 Å². The van der Waals surface area contributed by atoms with Crippen molar-refractivity contribution >= 4 is 29.0 Å². The first kappa shape index (κ1) is 23.4. The maximum Gasteiger partial charge on any atom is 0.225 e. The average Bonchev–Trinajstić information content (AvgIpc) is 2.93. The molecule has 2 aromatic carbocycles. The summed E-state index contributed by atoms with van der Waals surface area (Å²) in [5.41, 5.74) is 2.76. The average molecular weight is 492 g/mol. The molecule has 0 bridgehead atoms. The third-order valence-electron chi connectivity index (χ3n) is 6.99. The van der Waals surface area contributed by atoms with E-state index in [0.717, 1.165) is 85.6 Å². The standard InChI is InChI=1S/C27H30ClN5O2/c1-35-25-9-5-2-6-21(25)23-10-11-26(30-29-23)32-14-12-20(13-15-32)27(34)33-18-16-31(17-19-33)24-8-4-3-7-22(24)28/h2-11,20H,12-19H2,1H3. The molecule has 182 valence electrons. The predicted octanol–water partition coefficient (Wildman–Crippen LogP) is 4.37. The van der Waals surface area contributed by atoms with Crippen LogP contribution in [0.3, 0.4) is 0 Å². The number of carbonyl (C=O) groups excluding carboxylic acids is 1. The minimum absolute atomic E-state index is 0.0684. The first-order chi connectivity index (χ1) is 17.1. The molecule has 1 amide bonds. The van der Waals surface area contributed by atoms with Gasteiger partial charge in [-0.15, -0.1) is 10.2 Å². The molecule has 2 saturated heterocycles. The summed E-state index contributed by atoms with van der Waals surface area (Å²) in [5, 5.41) is 9.67. The summed E-state index contributed by atoms with van der Waals surface area (Å²) in [4.78, 5) is 19.7. The Labute approximate surface area is 211 Å². The van der Waals surface area contributed by atoms with E-state index in [1.807, 2.05) is 65.6 Å². The van der Waals surface area contributed by atoms with Crippen molar-refractivity contribution in [1.29, 1.82) is 0 Å². The van der Waals surface area contributed by atoms with Gasteiger partial charge in [0.25, 0.3) is 0 Å². The van der Waals surface area contributed by atoms with Crippen LogP contribution < -0.4 is 14.5 Å². The van der Waals surface area contributed by atoms with Crippen LogP contribution >= 0.6 is 11.6 Å². The minimum atomic E-state index is 0.0684. The molecular weight excluding hydrogens is 462 g/mol. The molecule has 0 radical (unpaired) electrons. The van der Waals surface area contributed by atoms with Crippen LogP contribution in [-0.4, -0.2) is 67.4 Å². The molecule has 0 atom stereocenters. The topological polar surface area (TPSA) is 61.8 Å². The van der Waals surface area contributed by atoms with Crippen LogP contribution in [0.25, 0.3) is 11.3 Å². The third kappa shape index (κ3) is 5.05. The van der Waals surface area contributed by atoms with Crippen LogP contribution in [0.4, 0.5) is 11.5 Å². The molecule has 1 aromatic heterocycles. The van der Waals surface area contributed by atoms with Gasteiger partial charge in [0.1, 0.15) is 5.75 Å². The lowest BCUT2D eigenvalue weighted by molar-refractivity contribution is -0.136. The summed E-state index contributed by atoms with van der Waals surface area (Å²) < 4.78 is 5.44. The number of anilines is 2. The second kappa shape index (κ2) is 10.5. The second-order valence-corrected chi connectivity index (χ2v) is 9.41. The van der Waals surface area contributed by atoms with Crippen molar-refractivity contribution in [3.05, 3.63) is 65.7 Å².